The molecule has 2 rings (SSSR count). The van der Waals surface area contributed by atoms with Gasteiger partial charge < -0.3 is 10.1 Å². The lowest BCUT2D eigenvalue weighted by Gasteiger charge is -2.52. The highest BCUT2D eigenvalue weighted by molar-refractivity contribution is 7.88. The van der Waals surface area contributed by atoms with Crippen molar-refractivity contribution in [2.45, 2.75) is 65.2 Å². The summed E-state index contributed by atoms with van der Waals surface area (Å²) in [6.07, 6.45) is 3.63. The summed E-state index contributed by atoms with van der Waals surface area (Å²) < 4.78 is 30.4. The summed E-state index contributed by atoms with van der Waals surface area (Å²) in [6.45, 7) is 9.17. The van der Waals surface area contributed by atoms with Gasteiger partial charge in [-0.1, -0.05) is 13.8 Å². The molecular formula is C16H30N2O4S. The standard InChI is InChI=1S/C16H30N2O4S/c1-11(2)22-14-10-13(16(14,3)4)17-15(19)12-6-8-18(9-7-12)23(5,20)21/h11-14H,6-10H2,1-5H3,(H,17,19)/t13-,14+/m0/s1. The molecule has 6 nitrogen and oxygen atoms in total. The Kier molecular flexibility index (Phi) is 5.43. The Balaban J connectivity index is 1.83. The van der Waals surface area contributed by atoms with Crippen LogP contribution in [0.3, 0.4) is 0 Å². The highest BCUT2D eigenvalue weighted by Gasteiger charge is 2.50. The average molecular weight is 346 g/mol. The number of hydrogen-bond acceptors (Lipinski definition) is 4. The van der Waals surface area contributed by atoms with Gasteiger partial charge in [-0.15, -0.1) is 0 Å². The van der Waals surface area contributed by atoms with Crippen LogP contribution >= 0.6 is 0 Å². The number of carbonyl (C=O) groups excluding carboxylic acids is 1. The second-order valence-electron chi connectivity index (χ2n) is 7.73. The number of amides is 1. The van der Waals surface area contributed by atoms with Crippen LogP contribution in [0.15, 0.2) is 0 Å². The van der Waals surface area contributed by atoms with E-state index in [1.807, 2.05) is 13.8 Å². The zero-order valence-corrected chi connectivity index (χ0v) is 15.6. The molecule has 1 heterocycles. The van der Waals surface area contributed by atoms with E-state index in [0.717, 1.165) is 6.42 Å². The molecule has 2 aliphatic rings. The van der Waals surface area contributed by atoms with Crippen molar-refractivity contribution in [3.63, 3.8) is 0 Å². The third-order valence-electron chi connectivity index (χ3n) is 5.22. The molecule has 1 saturated heterocycles. The monoisotopic (exact) mass is 346 g/mol. The number of ether oxygens (including phenoxy) is 1. The van der Waals surface area contributed by atoms with Crippen molar-refractivity contribution >= 4 is 15.9 Å². The second kappa shape index (κ2) is 6.69. The molecular weight excluding hydrogens is 316 g/mol. The summed E-state index contributed by atoms with van der Waals surface area (Å²) in [4.78, 5) is 12.5. The molecule has 1 N–H and O–H groups in total. The zero-order chi connectivity index (χ0) is 17.4. The molecule has 134 valence electrons. The fourth-order valence-corrected chi connectivity index (χ4v) is 4.30. The van der Waals surface area contributed by atoms with Gasteiger partial charge in [0.15, 0.2) is 0 Å². The van der Waals surface area contributed by atoms with Crippen LogP contribution in [-0.2, 0) is 19.6 Å². The van der Waals surface area contributed by atoms with Crippen LogP contribution < -0.4 is 5.32 Å². The van der Waals surface area contributed by atoms with Crippen molar-refractivity contribution < 1.29 is 17.9 Å². The third kappa shape index (κ3) is 4.25. The number of carbonyl (C=O) groups is 1. The van der Waals surface area contributed by atoms with Crippen LogP contribution in [0.1, 0.15) is 47.0 Å². The van der Waals surface area contributed by atoms with Crippen LogP contribution in [0, 0.1) is 11.3 Å². The van der Waals surface area contributed by atoms with Gasteiger partial charge in [-0.25, -0.2) is 12.7 Å². The third-order valence-corrected chi connectivity index (χ3v) is 6.53. The van der Waals surface area contributed by atoms with Crippen molar-refractivity contribution in [1.29, 1.82) is 0 Å². The Bertz CT molecular complexity index is 536. The summed E-state index contributed by atoms with van der Waals surface area (Å²) in [5, 5.41) is 3.15. The van der Waals surface area contributed by atoms with Gasteiger partial charge in [0.2, 0.25) is 15.9 Å². The van der Waals surface area contributed by atoms with Gasteiger partial charge in [0.25, 0.3) is 0 Å². The van der Waals surface area contributed by atoms with E-state index in [0.29, 0.717) is 25.9 Å². The first-order valence-corrected chi connectivity index (χ1v) is 10.3. The number of hydrogen-bond donors (Lipinski definition) is 1. The van der Waals surface area contributed by atoms with E-state index in [4.69, 9.17) is 4.74 Å². The van der Waals surface area contributed by atoms with Crippen LogP contribution in [0.4, 0.5) is 0 Å². The van der Waals surface area contributed by atoms with Gasteiger partial charge >= 0.3 is 0 Å². The van der Waals surface area contributed by atoms with Gasteiger partial charge in [0, 0.05) is 30.5 Å². The number of nitrogens with zero attached hydrogens (tertiary/aromatic N) is 1. The first-order chi connectivity index (χ1) is 10.5. The van der Waals surface area contributed by atoms with Crippen molar-refractivity contribution in [3.05, 3.63) is 0 Å². The van der Waals surface area contributed by atoms with Gasteiger partial charge in [0.1, 0.15) is 0 Å². The largest absolute Gasteiger partial charge is 0.375 e. The number of nitrogens with one attached hydrogen (secondary N) is 1. The molecule has 1 amide bonds. The van der Waals surface area contributed by atoms with E-state index < -0.39 is 10.0 Å². The van der Waals surface area contributed by atoms with Gasteiger partial charge in [-0.2, -0.15) is 0 Å². The zero-order valence-electron chi connectivity index (χ0n) is 14.8. The maximum absolute atomic E-state index is 12.5. The molecule has 7 heteroatoms. The minimum atomic E-state index is -3.14. The lowest BCUT2D eigenvalue weighted by Crippen LogP contribution is -2.63. The Morgan fingerprint density at radius 3 is 2.26 bits per heavy atom. The molecule has 0 radical (unpaired) electrons. The van der Waals surface area contributed by atoms with E-state index >= 15 is 0 Å². The maximum atomic E-state index is 12.5. The molecule has 2 fully saturated rings. The lowest BCUT2D eigenvalue weighted by molar-refractivity contribution is -0.150. The van der Waals surface area contributed by atoms with Crippen molar-refractivity contribution in [2.75, 3.05) is 19.3 Å². The van der Waals surface area contributed by atoms with E-state index in [9.17, 15) is 13.2 Å². The minimum Gasteiger partial charge on any atom is -0.375 e. The van der Waals surface area contributed by atoms with Crippen LogP contribution in [0.25, 0.3) is 0 Å². The average Bonchev–Trinajstić information content (AvgIpc) is 2.45. The van der Waals surface area contributed by atoms with E-state index in [-0.39, 0.29) is 35.5 Å². The molecule has 1 saturated carbocycles. The molecule has 1 aliphatic heterocycles. The fourth-order valence-electron chi connectivity index (χ4n) is 3.43. The minimum absolute atomic E-state index is 0.0548. The van der Waals surface area contributed by atoms with Crippen molar-refractivity contribution in [2.24, 2.45) is 11.3 Å². The van der Waals surface area contributed by atoms with Crippen LogP contribution in [-0.4, -0.2) is 56.2 Å². The summed E-state index contributed by atoms with van der Waals surface area (Å²) in [7, 11) is -3.14. The summed E-state index contributed by atoms with van der Waals surface area (Å²) in [5.74, 6) is -0.0342. The van der Waals surface area contributed by atoms with E-state index in [1.165, 1.54) is 10.6 Å². The van der Waals surface area contributed by atoms with E-state index in [1.54, 1.807) is 0 Å². The summed E-state index contributed by atoms with van der Waals surface area (Å²) in [5.41, 5.74) is -0.0621. The number of piperidine rings is 1. The molecule has 0 aromatic rings. The quantitative estimate of drug-likeness (QED) is 0.816. The van der Waals surface area contributed by atoms with Crippen LogP contribution in [0.2, 0.25) is 0 Å². The highest BCUT2D eigenvalue weighted by atomic mass is 32.2. The maximum Gasteiger partial charge on any atom is 0.223 e. The first kappa shape index (κ1) is 18.7. The lowest BCUT2D eigenvalue weighted by atomic mass is 9.64. The second-order valence-corrected chi connectivity index (χ2v) is 9.71. The smallest absolute Gasteiger partial charge is 0.223 e. The normalized spacial score (nSPS) is 29.3. The molecule has 1 aliphatic carbocycles. The SMILES string of the molecule is CC(C)O[C@@H]1C[C@H](NC(=O)C2CCN(S(C)(=O)=O)CC2)C1(C)C. The number of sulfonamides is 1. The predicted octanol–water partition coefficient (Wildman–Crippen LogP) is 1.37. The van der Waals surface area contributed by atoms with Crippen molar-refractivity contribution in [3.8, 4) is 0 Å². The first-order valence-electron chi connectivity index (χ1n) is 8.42. The molecule has 23 heavy (non-hydrogen) atoms. The fraction of sp³-hybridized carbons (Fsp3) is 0.938. The Hall–Kier alpha value is -0.660. The number of rotatable bonds is 5. The molecule has 2 atom stereocenters. The molecule has 0 bridgehead atoms. The Morgan fingerprint density at radius 2 is 1.83 bits per heavy atom. The predicted molar refractivity (Wildman–Crippen MR) is 89.5 cm³/mol. The summed E-state index contributed by atoms with van der Waals surface area (Å²) in [6, 6.07) is 0.131. The highest BCUT2D eigenvalue weighted by Crippen LogP contribution is 2.43. The molecule has 0 spiro atoms. The van der Waals surface area contributed by atoms with Crippen molar-refractivity contribution in [1.82, 2.24) is 9.62 Å². The van der Waals surface area contributed by atoms with Gasteiger partial charge in [-0.05, 0) is 33.1 Å². The van der Waals surface area contributed by atoms with Crippen LogP contribution in [0.5, 0.6) is 0 Å². The van der Waals surface area contributed by atoms with E-state index in [2.05, 4.69) is 19.2 Å². The van der Waals surface area contributed by atoms with Gasteiger partial charge in [-0.3, -0.25) is 4.79 Å². The van der Waals surface area contributed by atoms with Gasteiger partial charge in [0.05, 0.1) is 18.5 Å². The topological polar surface area (TPSA) is 75.7 Å². The summed E-state index contributed by atoms with van der Waals surface area (Å²) >= 11 is 0. The molecule has 0 unspecified atom stereocenters. The molecule has 0 aromatic heterocycles. The Morgan fingerprint density at radius 1 is 1.26 bits per heavy atom. The Labute approximate surface area is 140 Å². The molecule has 0 aromatic carbocycles.